The molecule has 1 aliphatic rings. The fraction of sp³-hybridized carbons (Fsp3) is 0.429. The number of nitrogens with two attached hydrogens (primary N) is 1. The molecule has 2 atom stereocenters. The molecule has 0 spiro atoms. The van der Waals surface area contributed by atoms with Crippen LogP contribution in [-0.2, 0) is 9.59 Å². The van der Waals surface area contributed by atoms with E-state index in [4.69, 9.17) is 28.9 Å². The lowest BCUT2D eigenvalue weighted by molar-refractivity contribution is -0.913. The number of nitrogens with one attached hydrogen (secondary N) is 2. The topological polar surface area (TPSA) is 76.6 Å². The van der Waals surface area contributed by atoms with E-state index >= 15 is 0 Å². The molecule has 114 valence electrons. The number of quaternary nitrogens is 1. The van der Waals surface area contributed by atoms with Gasteiger partial charge < -0.3 is 16.0 Å². The van der Waals surface area contributed by atoms with Crippen molar-refractivity contribution in [1.82, 2.24) is 0 Å². The number of carbonyl (C=O) groups is 2. The van der Waals surface area contributed by atoms with Crippen molar-refractivity contribution in [1.29, 1.82) is 0 Å². The summed E-state index contributed by atoms with van der Waals surface area (Å²) >= 11 is 11.9. The molecule has 2 amide bonds. The Hall–Kier alpha value is -1.30. The van der Waals surface area contributed by atoms with Gasteiger partial charge in [-0.3, -0.25) is 9.59 Å². The number of likely N-dealkylation sites (tertiary alicyclic amines) is 1. The molecule has 1 aromatic rings. The van der Waals surface area contributed by atoms with Gasteiger partial charge in [-0.15, -0.1) is 0 Å². The van der Waals surface area contributed by atoms with E-state index in [9.17, 15) is 9.59 Å². The van der Waals surface area contributed by atoms with Gasteiger partial charge >= 0.3 is 0 Å². The quantitative estimate of drug-likeness (QED) is 0.765. The van der Waals surface area contributed by atoms with Crippen LogP contribution in [0.25, 0.3) is 0 Å². The number of rotatable bonds is 4. The predicted octanol–water partition coefficient (Wildman–Crippen LogP) is 0.855. The zero-order valence-electron chi connectivity index (χ0n) is 11.5. The maximum absolute atomic E-state index is 12.1. The van der Waals surface area contributed by atoms with Crippen LogP contribution in [0.3, 0.4) is 0 Å². The molecule has 1 aliphatic heterocycles. The van der Waals surface area contributed by atoms with Crippen LogP contribution in [0.4, 0.5) is 5.69 Å². The van der Waals surface area contributed by atoms with E-state index in [1.807, 2.05) is 0 Å². The van der Waals surface area contributed by atoms with E-state index < -0.39 is 0 Å². The molecule has 0 bridgehead atoms. The van der Waals surface area contributed by atoms with Crippen LogP contribution in [0, 0.1) is 0 Å². The zero-order valence-corrected chi connectivity index (χ0v) is 13.0. The summed E-state index contributed by atoms with van der Waals surface area (Å²) < 4.78 is 0. The van der Waals surface area contributed by atoms with Gasteiger partial charge in [0.15, 0.2) is 12.6 Å². The number of benzene rings is 1. The normalized spacial score (nSPS) is 21.8. The maximum Gasteiger partial charge on any atom is 0.279 e. The molecule has 0 aliphatic carbocycles. The lowest BCUT2D eigenvalue weighted by Crippen LogP contribution is -3.18. The van der Waals surface area contributed by atoms with E-state index in [1.54, 1.807) is 18.2 Å². The van der Waals surface area contributed by atoms with Crippen LogP contribution in [0.15, 0.2) is 18.2 Å². The minimum absolute atomic E-state index is 0.191. The monoisotopic (exact) mass is 330 g/mol. The third-order valence-corrected chi connectivity index (χ3v) is 4.23. The molecule has 4 N–H and O–H groups in total. The van der Waals surface area contributed by atoms with E-state index in [0.717, 1.165) is 30.7 Å². The van der Waals surface area contributed by atoms with Crippen molar-refractivity contribution >= 4 is 40.7 Å². The first-order chi connectivity index (χ1) is 9.97. The van der Waals surface area contributed by atoms with E-state index in [-0.39, 0.29) is 24.4 Å². The Morgan fingerprint density at radius 2 is 2.10 bits per heavy atom. The smallest absolute Gasteiger partial charge is 0.279 e. The molecule has 1 aromatic carbocycles. The summed E-state index contributed by atoms with van der Waals surface area (Å²) in [4.78, 5) is 24.5. The Bertz CT molecular complexity index is 551. The average molecular weight is 331 g/mol. The van der Waals surface area contributed by atoms with Crippen LogP contribution in [0.1, 0.15) is 19.3 Å². The molecule has 0 aromatic heterocycles. The third-order valence-electron chi connectivity index (χ3n) is 3.67. The number of primary amides is 1. The molecule has 7 heteroatoms. The highest BCUT2D eigenvalue weighted by Gasteiger charge is 2.32. The summed E-state index contributed by atoms with van der Waals surface area (Å²) in [6, 6.07) is 4.58. The van der Waals surface area contributed by atoms with Gasteiger partial charge in [0.05, 0.1) is 17.3 Å². The van der Waals surface area contributed by atoms with Crippen molar-refractivity contribution < 1.29 is 14.5 Å². The molecular weight excluding hydrogens is 313 g/mol. The van der Waals surface area contributed by atoms with Gasteiger partial charge in [0.25, 0.3) is 11.8 Å². The number of piperidine rings is 1. The van der Waals surface area contributed by atoms with Gasteiger partial charge in [-0.1, -0.05) is 23.2 Å². The highest BCUT2D eigenvalue weighted by molar-refractivity contribution is 6.35. The molecule has 0 radical (unpaired) electrons. The molecular formula is C14H18Cl2N3O2+. The van der Waals surface area contributed by atoms with Crippen molar-refractivity contribution in [3.63, 3.8) is 0 Å². The summed E-state index contributed by atoms with van der Waals surface area (Å²) in [6.45, 7) is 0.959. The van der Waals surface area contributed by atoms with Crippen LogP contribution in [-0.4, -0.2) is 30.9 Å². The van der Waals surface area contributed by atoms with Gasteiger partial charge in [-0.2, -0.15) is 0 Å². The predicted molar refractivity (Wildman–Crippen MR) is 82.6 cm³/mol. The number of anilines is 1. The molecule has 5 nitrogen and oxygen atoms in total. The van der Waals surface area contributed by atoms with E-state index in [2.05, 4.69) is 5.32 Å². The summed E-state index contributed by atoms with van der Waals surface area (Å²) in [5, 5.41) is 3.65. The maximum atomic E-state index is 12.1. The van der Waals surface area contributed by atoms with Crippen LogP contribution in [0.5, 0.6) is 0 Å². The van der Waals surface area contributed by atoms with Crippen molar-refractivity contribution in [2.75, 3.05) is 18.4 Å². The number of carbonyl (C=O) groups excluding carboxylic acids is 2. The average Bonchev–Trinajstić information content (AvgIpc) is 2.43. The van der Waals surface area contributed by atoms with E-state index in [0.29, 0.717) is 15.7 Å². The summed E-state index contributed by atoms with van der Waals surface area (Å²) in [5.74, 6) is -0.555. The molecule has 1 unspecified atom stereocenters. The molecule has 1 heterocycles. The Morgan fingerprint density at radius 1 is 1.33 bits per heavy atom. The zero-order chi connectivity index (χ0) is 15.4. The largest absolute Gasteiger partial charge is 0.365 e. The van der Waals surface area contributed by atoms with Crippen LogP contribution in [0.2, 0.25) is 10.0 Å². The fourth-order valence-corrected chi connectivity index (χ4v) is 2.96. The number of hydrogen-bond donors (Lipinski definition) is 3. The Labute approximate surface area is 133 Å². The second-order valence-electron chi connectivity index (χ2n) is 5.21. The molecule has 1 fully saturated rings. The van der Waals surface area contributed by atoms with Crippen molar-refractivity contribution in [3.8, 4) is 0 Å². The molecule has 2 rings (SSSR count). The van der Waals surface area contributed by atoms with Crippen molar-refractivity contribution in [2.24, 2.45) is 5.73 Å². The van der Waals surface area contributed by atoms with Crippen molar-refractivity contribution in [3.05, 3.63) is 28.2 Å². The third kappa shape index (κ3) is 4.33. The lowest BCUT2D eigenvalue weighted by Gasteiger charge is -2.29. The summed E-state index contributed by atoms with van der Waals surface area (Å²) in [6.07, 6.45) is 2.69. The Balaban J connectivity index is 2.00. The van der Waals surface area contributed by atoms with Gasteiger partial charge in [0.2, 0.25) is 0 Å². The minimum atomic E-state index is -0.349. The number of hydrogen-bond acceptors (Lipinski definition) is 2. The molecule has 1 saturated heterocycles. The number of halogens is 2. The minimum Gasteiger partial charge on any atom is -0.365 e. The summed E-state index contributed by atoms with van der Waals surface area (Å²) in [7, 11) is 0. The van der Waals surface area contributed by atoms with E-state index in [1.165, 1.54) is 0 Å². The Morgan fingerprint density at radius 3 is 2.81 bits per heavy atom. The standard InChI is InChI=1S/C14H17Cl2N3O2/c15-9-4-5-10(16)11(7-9)18-13(20)8-19-6-2-1-3-12(19)14(17)21/h4-5,7,12H,1-3,6,8H2,(H2,17,21)(H,18,20)/p+1/t12-/m0/s1. The summed E-state index contributed by atoms with van der Waals surface area (Å²) in [5.41, 5.74) is 5.87. The van der Waals surface area contributed by atoms with Crippen LogP contribution >= 0.6 is 23.2 Å². The fourth-order valence-electron chi connectivity index (χ4n) is 2.63. The van der Waals surface area contributed by atoms with Gasteiger partial charge in [0.1, 0.15) is 0 Å². The highest BCUT2D eigenvalue weighted by atomic mass is 35.5. The Kier molecular flexibility index (Phi) is 5.45. The second kappa shape index (κ2) is 7.11. The number of amides is 2. The lowest BCUT2D eigenvalue weighted by atomic mass is 10.0. The molecule has 21 heavy (non-hydrogen) atoms. The SMILES string of the molecule is NC(=O)[C@@H]1CCCC[NH+]1CC(=O)Nc1cc(Cl)ccc1Cl. The first-order valence-electron chi connectivity index (χ1n) is 6.86. The highest BCUT2D eigenvalue weighted by Crippen LogP contribution is 2.25. The second-order valence-corrected chi connectivity index (χ2v) is 6.05. The van der Waals surface area contributed by atoms with Gasteiger partial charge in [-0.25, -0.2) is 0 Å². The first-order valence-corrected chi connectivity index (χ1v) is 7.62. The van der Waals surface area contributed by atoms with Crippen LogP contribution < -0.4 is 16.0 Å². The molecule has 0 saturated carbocycles. The first kappa shape index (κ1) is 16.1. The van der Waals surface area contributed by atoms with Crippen molar-refractivity contribution in [2.45, 2.75) is 25.3 Å². The van der Waals surface area contributed by atoms with Gasteiger partial charge in [-0.05, 0) is 31.0 Å². The van der Waals surface area contributed by atoms with Gasteiger partial charge in [0, 0.05) is 11.4 Å².